The minimum Gasteiger partial charge on any atom is -0.385 e. The highest BCUT2D eigenvalue weighted by Crippen LogP contribution is 2.43. The maximum absolute atomic E-state index is 12.8. The van der Waals surface area contributed by atoms with Crippen molar-refractivity contribution in [3.05, 3.63) is 18.2 Å². The molecule has 2 rings (SSSR count). The third-order valence-electron chi connectivity index (χ3n) is 4.48. The zero-order chi connectivity index (χ0) is 16.7. The Morgan fingerprint density at radius 3 is 2.75 bits per heavy atom. The van der Waals surface area contributed by atoms with Gasteiger partial charge in [-0.1, -0.05) is 6.42 Å². The largest absolute Gasteiger partial charge is 0.385 e. The smallest absolute Gasteiger partial charge is 0.319 e. The number of aliphatic imine (C=N–C) groups is 1. The molecule has 1 fully saturated rings. The first-order valence-electron chi connectivity index (χ1n) is 7.83. The van der Waals surface area contributed by atoms with E-state index in [1.165, 1.54) is 31.7 Å². The second-order valence-corrected chi connectivity index (χ2v) is 5.90. The van der Waals surface area contributed by atoms with E-state index >= 15 is 0 Å². The van der Waals surface area contributed by atoms with Gasteiger partial charge in [-0.15, -0.1) is 24.0 Å². The summed E-state index contributed by atoms with van der Waals surface area (Å²) in [5.74, 6) is 0.873. The van der Waals surface area contributed by atoms with E-state index in [2.05, 4.69) is 20.6 Å². The molecule has 0 atom stereocenters. The minimum absolute atomic E-state index is 0. The van der Waals surface area contributed by atoms with E-state index in [4.69, 9.17) is 4.74 Å². The maximum atomic E-state index is 12.8. The number of hydrogen-bond acceptors (Lipinski definition) is 3. The summed E-state index contributed by atoms with van der Waals surface area (Å²) in [5.41, 5.74) is 0.259. The molecule has 1 aliphatic rings. The van der Waals surface area contributed by atoms with Crippen LogP contribution in [0.1, 0.15) is 38.1 Å². The molecular formula is C15H26F2IN5O. The van der Waals surface area contributed by atoms with E-state index in [0.717, 1.165) is 24.1 Å². The van der Waals surface area contributed by atoms with Crippen molar-refractivity contribution < 1.29 is 13.5 Å². The lowest BCUT2D eigenvalue weighted by Gasteiger charge is -2.42. The number of halogens is 3. The number of nitrogens with one attached hydrogen (secondary N) is 2. The summed E-state index contributed by atoms with van der Waals surface area (Å²) in [6.45, 7) is -0.836. The zero-order valence-corrected chi connectivity index (χ0v) is 16.4. The van der Waals surface area contributed by atoms with Crippen molar-refractivity contribution in [3.63, 3.8) is 0 Å². The van der Waals surface area contributed by atoms with Crippen LogP contribution in [0.2, 0.25) is 0 Å². The van der Waals surface area contributed by atoms with E-state index in [1.807, 2.05) is 0 Å². The van der Waals surface area contributed by atoms with Crippen LogP contribution in [0.4, 0.5) is 8.78 Å². The van der Waals surface area contributed by atoms with Crippen molar-refractivity contribution in [1.29, 1.82) is 0 Å². The molecular weight excluding hydrogens is 431 g/mol. The number of hydrogen-bond donors (Lipinski definition) is 2. The number of aromatic nitrogens is 2. The first kappa shape index (κ1) is 21.1. The number of ether oxygens (including phenoxy) is 1. The van der Waals surface area contributed by atoms with Crippen molar-refractivity contribution in [2.45, 2.75) is 38.8 Å². The Morgan fingerprint density at radius 1 is 1.46 bits per heavy atom. The molecule has 0 aliphatic heterocycles. The van der Waals surface area contributed by atoms with Crippen molar-refractivity contribution in [1.82, 2.24) is 20.2 Å². The molecule has 138 valence electrons. The second kappa shape index (κ2) is 10.1. The van der Waals surface area contributed by atoms with Gasteiger partial charge in [-0.3, -0.25) is 9.56 Å². The molecule has 2 N–H and O–H groups in total. The molecule has 9 heteroatoms. The summed E-state index contributed by atoms with van der Waals surface area (Å²) >= 11 is 0. The minimum atomic E-state index is -2.59. The van der Waals surface area contributed by atoms with E-state index in [0.29, 0.717) is 5.96 Å². The SMILES string of the molecule is CN=C(NCc1nccn1C(F)F)NCC1(CCOC)CCC1.I. The number of imidazole rings is 1. The fraction of sp³-hybridized carbons (Fsp3) is 0.733. The molecule has 24 heavy (non-hydrogen) atoms. The van der Waals surface area contributed by atoms with Gasteiger partial charge in [0.1, 0.15) is 5.82 Å². The first-order chi connectivity index (χ1) is 11.1. The Bertz CT molecular complexity index is 520. The molecule has 0 unspecified atom stereocenters. The van der Waals surface area contributed by atoms with Gasteiger partial charge in [-0.05, 0) is 24.7 Å². The van der Waals surface area contributed by atoms with Gasteiger partial charge in [0.25, 0.3) is 0 Å². The third-order valence-corrected chi connectivity index (χ3v) is 4.48. The van der Waals surface area contributed by atoms with Crippen LogP contribution in [-0.4, -0.2) is 42.8 Å². The Balaban J connectivity index is 0.00000288. The highest BCUT2D eigenvalue weighted by molar-refractivity contribution is 14.0. The van der Waals surface area contributed by atoms with Gasteiger partial charge in [0.2, 0.25) is 0 Å². The molecule has 0 aromatic carbocycles. The van der Waals surface area contributed by atoms with Crippen LogP contribution in [0.3, 0.4) is 0 Å². The van der Waals surface area contributed by atoms with Crippen LogP contribution in [-0.2, 0) is 11.3 Å². The molecule has 0 amide bonds. The van der Waals surface area contributed by atoms with Crippen LogP contribution in [0.25, 0.3) is 0 Å². The fourth-order valence-electron chi connectivity index (χ4n) is 2.82. The molecule has 1 aromatic heterocycles. The number of methoxy groups -OCH3 is 1. The predicted molar refractivity (Wildman–Crippen MR) is 99.9 cm³/mol. The number of rotatable bonds is 8. The predicted octanol–water partition coefficient (Wildman–Crippen LogP) is 2.77. The average molecular weight is 457 g/mol. The molecule has 0 saturated heterocycles. The van der Waals surface area contributed by atoms with Gasteiger partial charge in [0.15, 0.2) is 5.96 Å². The van der Waals surface area contributed by atoms with Crippen LogP contribution >= 0.6 is 24.0 Å². The molecule has 0 bridgehead atoms. The summed E-state index contributed by atoms with van der Waals surface area (Å²) in [6.07, 6.45) is 7.25. The van der Waals surface area contributed by atoms with Crippen LogP contribution < -0.4 is 10.6 Å². The van der Waals surface area contributed by atoms with Crippen molar-refractivity contribution in [2.24, 2.45) is 10.4 Å². The maximum Gasteiger partial charge on any atom is 0.319 e. The molecule has 1 aliphatic carbocycles. The van der Waals surface area contributed by atoms with Crippen molar-refractivity contribution in [3.8, 4) is 0 Å². The lowest BCUT2D eigenvalue weighted by molar-refractivity contribution is 0.0668. The summed E-state index contributed by atoms with van der Waals surface area (Å²) < 4.78 is 31.6. The zero-order valence-electron chi connectivity index (χ0n) is 14.1. The summed E-state index contributed by atoms with van der Waals surface area (Å²) in [6, 6.07) is 0. The van der Waals surface area contributed by atoms with Crippen LogP contribution in [0.15, 0.2) is 17.4 Å². The summed E-state index contributed by atoms with van der Waals surface area (Å²) in [7, 11) is 3.38. The molecule has 1 saturated carbocycles. The van der Waals surface area contributed by atoms with E-state index in [9.17, 15) is 8.78 Å². The highest BCUT2D eigenvalue weighted by atomic mass is 127. The number of alkyl halides is 2. The average Bonchev–Trinajstić information content (AvgIpc) is 2.97. The number of nitrogens with zero attached hydrogens (tertiary/aromatic N) is 3. The first-order valence-corrected chi connectivity index (χ1v) is 7.83. The van der Waals surface area contributed by atoms with E-state index in [-0.39, 0.29) is 41.8 Å². The topological polar surface area (TPSA) is 63.5 Å². The molecule has 6 nitrogen and oxygen atoms in total. The monoisotopic (exact) mass is 457 g/mol. The van der Waals surface area contributed by atoms with Gasteiger partial charge in [-0.2, -0.15) is 8.78 Å². The number of guanidine groups is 1. The molecule has 1 aromatic rings. The van der Waals surface area contributed by atoms with Gasteiger partial charge in [-0.25, -0.2) is 4.98 Å². The summed E-state index contributed by atoms with van der Waals surface area (Å²) in [5, 5.41) is 6.33. The molecule has 1 heterocycles. The van der Waals surface area contributed by atoms with E-state index in [1.54, 1.807) is 14.2 Å². The highest BCUT2D eigenvalue weighted by Gasteiger charge is 2.36. The quantitative estimate of drug-likeness (QED) is 0.358. The molecule has 0 spiro atoms. The van der Waals surface area contributed by atoms with Crippen molar-refractivity contribution >= 4 is 29.9 Å². The Labute approximate surface area is 158 Å². The van der Waals surface area contributed by atoms with Crippen molar-refractivity contribution in [2.75, 3.05) is 27.3 Å². The Hall–Kier alpha value is -0.970. The normalized spacial score (nSPS) is 16.5. The molecule has 0 radical (unpaired) electrons. The third kappa shape index (κ3) is 5.54. The Morgan fingerprint density at radius 2 is 2.21 bits per heavy atom. The van der Waals surface area contributed by atoms with Gasteiger partial charge >= 0.3 is 6.55 Å². The van der Waals surface area contributed by atoms with Gasteiger partial charge < -0.3 is 15.4 Å². The lowest BCUT2D eigenvalue weighted by atomic mass is 9.67. The van der Waals surface area contributed by atoms with Crippen LogP contribution in [0.5, 0.6) is 0 Å². The van der Waals surface area contributed by atoms with Gasteiger partial charge in [0.05, 0.1) is 6.54 Å². The summed E-state index contributed by atoms with van der Waals surface area (Å²) in [4.78, 5) is 8.08. The Kier molecular flexibility index (Phi) is 8.88. The fourth-order valence-corrected chi connectivity index (χ4v) is 2.82. The van der Waals surface area contributed by atoms with Gasteiger partial charge in [0, 0.05) is 39.7 Å². The second-order valence-electron chi connectivity index (χ2n) is 5.90. The van der Waals surface area contributed by atoms with Crippen LogP contribution in [0, 0.1) is 5.41 Å². The standard InChI is InChI=1S/C15H25F2N5O.HI/c1-18-14(20-10-12-19-7-8-22(12)13(16)17)21-11-15(4-3-5-15)6-9-23-2;/h7-8,13H,3-6,9-11H2,1-2H3,(H2,18,20,21);1H. The lowest BCUT2D eigenvalue weighted by Crippen LogP contribution is -2.46. The van der Waals surface area contributed by atoms with E-state index < -0.39 is 6.55 Å².